The van der Waals surface area contributed by atoms with Crippen LogP contribution in [0.25, 0.3) is 0 Å². The topological polar surface area (TPSA) is 97.3 Å². The molecule has 0 saturated heterocycles. The number of hydrogen-bond donors (Lipinski definition) is 1. The number of methoxy groups -OCH3 is 2. The second kappa shape index (κ2) is 8.12. The highest BCUT2D eigenvalue weighted by Crippen LogP contribution is 2.41. The first-order valence-electron chi connectivity index (χ1n) is 8.90. The minimum absolute atomic E-state index is 0.208. The third-order valence-electron chi connectivity index (χ3n) is 4.52. The van der Waals surface area contributed by atoms with Gasteiger partial charge in [-0.2, -0.15) is 5.10 Å². The number of sulfonamides is 1. The van der Waals surface area contributed by atoms with Gasteiger partial charge in [0.2, 0.25) is 15.9 Å². The third-order valence-corrected chi connectivity index (χ3v) is 5.13. The van der Waals surface area contributed by atoms with Gasteiger partial charge in [-0.1, -0.05) is 24.3 Å². The number of anilines is 1. The molecule has 0 aromatic heterocycles. The molecule has 1 heterocycles. The van der Waals surface area contributed by atoms with Crippen LogP contribution in [0.2, 0.25) is 0 Å². The Morgan fingerprint density at radius 3 is 2.52 bits per heavy atom. The molecule has 3 rings (SSSR count). The summed E-state index contributed by atoms with van der Waals surface area (Å²) in [6.07, 6.45) is 1.54. The number of nitrogens with one attached hydrogen (secondary N) is 1. The number of benzene rings is 2. The van der Waals surface area contributed by atoms with Gasteiger partial charge in [0.15, 0.2) is 11.5 Å². The van der Waals surface area contributed by atoms with E-state index in [0.717, 1.165) is 17.4 Å². The van der Waals surface area contributed by atoms with E-state index < -0.39 is 10.0 Å². The van der Waals surface area contributed by atoms with E-state index in [1.165, 1.54) is 11.9 Å². The highest BCUT2D eigenvalue weighted by atomic mass is 32.2. The van der Waals surface area contributed by atoms with Crippen molar-refractivity contribution >= 4 is 27.3 Å². The lowest BCUT2D eigenvalue weighted by molar-refractivity contribution is -0.130. The molecule has 1 unspecified atom stereocenters. The number of hydrazone groups is 1. The van der Waals surface area contributed by atoms with Crippen LogP contribution in [0.1, 0.15) is 30.5 Å². The highest BCUT2D eigenvalue weighted by molar-refractivity contribution is 7.92. The SMILES string of the molecule is COc1cccc(C2CC(c3cccc(NS(C)(=O)=O)c3)=NN2C(C)=O)c1OC. The number of carbonyl (C=O) groups is 1. The molecule has 29 heavy (non-hydrogen) atoms. The molecule has 154 valence electrons. The number of amides is 1. The summed E-state index contributed by atoms with van der Waals surface area (Å²) in [5, 5.41) is 5.93. The number of hydrogen-bond acceptors (Lipinski definition) is 6. The molecular weight excluding hydrogens is 394 g/mol. The molecule has 9 heteroatoms. The maximum atomic E-state index is 12.3. The Bertz CT molecular complexity index is 1070. The van der Waals surface area contributed by atoms with E-state index in [1.54, 1.807) is 38.5 Å². The van der Waals surface area contributed by atoms with Gasteiger partial charge in [-0.25, -0.2) is 13.4 Å². The van der Waals surface area contributed by atoms with Crippen molar-refractivity contribution in [1.29, 1.82) is 0 Å². The number of ether oxygens (including phenoxy) is 2. The van der Waals surface area contributed by atoms with Crippen LogP contribution in [0, 0.1) is 0 Å². The Balaban J connectivity index is 1.99. The smallest absolute Gasteiger partial charge is 0.240 e. The number of para-hydroxylation sites is 1. The van der Waals surface area contributed by atoms with Crippen molar-refractivity contribution in [2.45, 2.75) is 19.4 Å². The minimum Gasteiger partial charge on any atom is -0.493 e. The maximum Gasteiger partial charge on any atom is 0.240 e. The van der Waals surface area contributed by atoms with Crippen molar-refractivity contribution in [2.24, 2.45) is 5.10 Å². The van der Waals surface area contributed by atoms with Crippen molar-refractivity contribution in [3.8, 4) is 11.5 Å². The molecular formula is C20H23N3O5S. The number of nitrogens with zero attached hydrogens (tertiary/aromatic N) is 2. The van der Waals surface area contributed by atoms with Gasteiger partial charge in [0, 0.05) is 24.6 Å². The van der Waals surface area contributed by atoms with Gasteiger partial charge in [0.1, 0.15) is 0 Å². The van der Waals surface area contributed by atoms with Crippen LogP contribution in [0.15, 0.2) is 47.6 Å². The van der Waals surface area contributed by atoms with Crippen LogP contribution in [-0.2, 0) is 14.8 Å². The summed E-state index contributed by atoms with van der Waals surface area (Å²) in [5.41, 5.74) is 2.62. The summed E-state index contributed by atoms with van der Waals surface area (Å²) in [7, 11) is -0.288. The zero-order valence-corrected chi connectivity index (χ0v) is 17.5. The largest absolute Gasteiger partial charge is 0.493 e. The van der Waals surface area contributed by atoms with Gasteiger partial charge in [0.25, 0.3) is 0 Å². The zero-order chi connectivity index (χ0) is 21.2. The predicted octanol–water partition coefficient (Wildman–Crippen LogP) is 2.77. The predicted molar refractivity (Wildman–Crippen MR) is 111 cm³/mol. The first kappa shape index (κ1) is 20.7. The average Bonchev–Trinajstić information content (AvgIpc) is 3.11. The zero-order valence-electron chi connectivity index (χ0n) is 16.7. The van der Waals surface area contributed by atoms with E-state index in [4.69, 9.17) is 9.47 Å². The fourth-order valence-electron chi connectivity index (χ4n) is 3.37. The lowest BCUT2D eigenvalue weighted by Gasteiger charge is -2.23. The summed E-state index contributed by atoms with van der Waals surface area (Å²) in [6, 6.07) is 12.1. The summed E-state index contributed by atoms with van der Waals surface area (Å²) in [4.78, 5) is 12.3. The summed E-state index contributed by atoms with van der Waals surface area (Å²) < 4.78 is 36.4. The molecule has 1 amide bonds. The summed E-state index contributed by atoms with van der Waals surface area (Å²) in [6.45, 7) is 1.45. The molecule has 0 saturated carbocycles. The number of carbonyl (C=O) groups excluding carboxylic acids is 1. The molecule has 1 N–H and O–H groups in total. The first-order chi connectivity index (χ1) is 13.7. The Morgan fingerprint density at radius 1 is 1.17 bits per heavy atom. The maximum absolute atomic E-state index is 12.3. The molecule has 0 bridgehead atoms. The van der Waals surface area contributed by atoms with Gasteiger partial charge < -0.3 is 9.47 Å². The van der Waals surface area contributed by atoms with E-state index >= 15 is 0 Å². The molecule has 2 aromatic rings. The van der Waals surface area contributed by atoms with E-state index in [2.05, 4.69) is 9.82 Å². The molecule has 8 nitrogen and oxygen atoms in total. The van der Waals surface area contributed by atoms with Gasteiger partial charge in [-0.3, -0.25) is 9.52 Å². The lowest BCUT2D eigenvalue weighted by Crippen LogP contribution is -2.24. The second-order valence-electron chi connectivity index (χ2n) is 6.67. The van der Waals surface area contributed by atoms with Crippen LogP contribution in [0.4, 0.5) is 5.69 Å². The van der Waals surface area contributed by atoms with Crippen LogP contribution < -0.4 is 14.2 Å². The van der Waals surface area contributed by atoms with E-state index in [0.29, 0.717) is 29.3 Å². The fourth-order valence-corrected chi connectivity index (χ4v) is 3.92. The van der Waals surface area contributed by atoms with E-state index in [-0.39, 0.29) is 11.9 Å². The van der Waals surface area contributed by atoms with Crippen molar-refractivity contribution in [1.82, 2.24) is 5.01 Å². The Kier molecular flexibility index (Phi) is 5.78. The Hall–Kier alpha value is -3.07. The summed E-state index contributed by atoms with van der Waals surface area (Å²) in [5.74, 6) is 0.914. The molecule has 2 aromatic carbocycles. The van der Waals surface area contributed by atoms with Crippen LogP contribution in [0.5, 0.6) is 11.5 Å². The fraction of sp³-hybridized carbons (Fsp3) is 0.300. The highest BCUT2D eigenvalue weighted by Gasteiger charge is 2.34. The van der Waals surface area contributed by atoms with Crippen LogP contribution in [0.3, 0.4) is 0 Å². The Morgan fingerprint density at radius 2 is 1.90 bits per heavy atom. The van der Waals surface area contributed by atoms with Crippen molar-refractivity contribution < 1.29 is 22.7 Å². The summed E-state index contributed by atoms with van der Waals surface area (Å²) >= 11 is 0. The third kappa shape index (κ3) is 4.51. The quantitative estimate of drug-likeness (QED) is 0.779. The van der Waals surface area contributed by atoms with Gasteiger partial charge in [-0.15, -0.1) is 0 Å². The normalized spacial score (nSPS) is 16.3. The van der Waals surface area contributed by atoms with E-state index in [9.17, 15) is 13.2 Å². The molecule has 0 fully saturated rings. The van der Waals surface area contributed by atoms with Crippen LogP contribution >= 0.6 is 0 Å². The van der Waals surface area contributed by atoms with E-state index in [1.807, 2.05) is 18.2 Å². The molecule has 0 radical (unpaired) electrons. The monoisotopic (exact) mass is 417 g/mol. The lowest BCUT2D eigenvalue weighted by atomic mass is 9.97. The van der Waals surface area contributed by atoms with Crippen molar-refractivity contribution in [3.05, 3.63) is 53.6 Å². The number of rotatable bonds is 6. The molecule has 1 aliphatic rings. The second-order valence-corrected chi connectivity index (χ2v) is 8.42. The standard InChI is InChI=1S/C20H23N3O5S/c1-13(24)23-18(16-9-6-10-19(27-2)20(16)28-3)12-17(21-23)14-7-5-8-15(11-14)22-29(4,25)26/h5-11,18,22H,12H2,1-4H3. The molecule has 0 spiro atoms. The van der Waals surface area contributed by atoms with Crippen molar-refractivity contribution in [3.63, 3.8) is 0 Å². The minimum atomic E-state index is -3.40. The Labute approximate surface area is 170 Å². The molecule has 1 atom stereocenters. The molecule has 0 aliphatic carbocycles. The molecule has 1 aliphatic heterocycles. The van der Waals surface area contributed by atoms with Gasteiger partial charge >= 0.3 is 0 Å². The van der Waals surface area contributed by atoms with Gasteiger partial charge in [-0.05, 0) is 23.8 Å². The van der Waals surface area contributed by atoms with Gasteiger partial charge in [0.05, 0.1) is 32.2 Å². The average molecular weight is 417 g/mol. The van der Waals surface area contributed by atoms with Crippen LogP contribution in [-0.4, -0.2) is 45.5 Å². The van der Waals surface area contributed by atoms with Crippen molar-refractivity contribution in [2.75, 3.05) is 25.2 Å². The first-order valence-corrected chi connectivity index (χ1v) is 10.8.